The van der Waals surface area contributed by atoms with Gasteiger partial charge in [0, 0.05) is 13.1 Å². The molecule has 1 heterocycles. The summed E-state index contributed by atoms with van der Waals surface area (Å²) < 4.78 is 10.7. The molecule has 30 heavy (non-hydrogen) atoms. The van der Waals surface area contributed by atoms with E-state index in [1.165, 1.54) is 19.3 Å². The maximum absolute atomic E-state index is 13.1. The first-order valence-electron chi connectivity index (χ1n) is 10.9. The number of benzene rings is 1. The molecule has 0 radical (unpaired) electrons. The first kappa shape index (κ1) is 22.1. The van der Waals surface area contributed by atoms with Crippen molar-refractivity contribution in [3.05, 3.63) is 35.9 Å². The fourth-order valence-electron chi connectivity index (χ4n) is 4.22. The van der Waals surface area contributed by atoms with Crippen LogP contribution >= 0.6 is 0 Å². The van der Waals surface area contributed by atoms with Crippen molar-refractivity contribution in [2.75, 3.05) is 32.9 Å². The molecule has 1 aromatic rings. The van der Waals surface area contributed by atoms with E-state index in [9.17, 15) is 14.9 Å². The minimum atomic E-state index is -0.645. The van der Waals surface area contributed by atoms with Gasteiger partial charge in [0.25, 0.3) is 0 Å². The van der Waals surface area contributed by atoms with Crippen LogP contribution in [0.3, 0.4) is 0 Å². The third-order valence-electron chi connectivity index (χ3n) is 5.95. The minimum Gasteiger partial charge on any atom is -0.448 e. The van der Waals surface area contributed by atoms with E-state index in [-0.39, 0.29) is 12.5 Å². The van der Waals surface area contributed by atoms with Gasteiger partial charge < -0.3 is 19.7 Å². The number of morpholine rings is 1. The molecule has 2 aliphatic rings. The highest BCUT2D eigenvalue weighted by molar-refractivity contribution is 5.85. The molecule has 0 spiro atoms. The molecule has 1 N–H and O–H groups in total. The average molecular weight is 414 g/mol. The van der Waals surface area contributed by atoms with Gasteiger partial charge in [-0.05, 0) is 17.9 Å². The molecule has 1 aliphatic heterocycles. The molecular weight excluding hydrogens is 382 g/mol. The third kappa shape index (κ3) is 6.46. The summed E-state index contributed by atoms with van der Waals surface area (Å²) in [5.74, 6) is -0.172. The maximum atomic E-state index is 13.1. The second kappa shape index (κ2) is 11.6. The number of nitriles is 1. The molecule has 1 aromatic carbocycles. The number of nitrogens with one attached hydrogen (secondary N) is 1. The average Bonchev–Trinajstić information content (AvgIpc) is 2.80. The highest BCUT2D eigenvalue weighted by Gasteiger charge is 2.30. The molecule has 2 unspecified atom stereocenters. The van der Waals surface area contributed by atoms with Crippen LogP contribution in [0.15, 0.2) is 30.3 Å². The number of alkyl carbamates (subject to hydrolysis) is 1. The Morgan fingerprint density at radius 2 is 1.87 bits per heavy atom. The number of rotatable bonds is 7. The largest absolute Gasteiger partial charge is 0.448 e. The topological polar surface area (TPSA) is 91.7 Å². The number of carbonyl (C=O) groups excluding carboxylic acids is 2. The van der Waals surface area contributed by atoms with E-state index >= 15 is 0 Å². The van der Waals surface area contributed by atoms with E-state index in [0.717, 1.165) is 18.4 Å². The van der Waals surface area contributed by atoms with Gasteiger partial charge in [0.1, 0.15) is 18.6 Å². The molecule has 2 atom stereocenters. The van der Waals surface area contributed by atoms with Crippen molar-refractivity contribution in [1.82, 2.24) is 10.2 Å². The lowest BCUT2D eigenvalue weighted by Crippen LogP contribution is -2.52. The number of ether oxygens (including phenoxy) is 2. The monoisotopic (exact) mass is 413 g/mol. The van der Waals surface area contributed by atoms with Crippen molar-refractivity contribution in [2.24, 2.45) is 5.92 Å². The Morgan fingerprint density at radius 1 is 1.17 bits per heavy atom. The zero-order chi connectivity index (χ0) is 21.2. The summed E-state index contributed by atoms with van der Waals surface area (Å²) in [7, 11) is 0. The highest BCUT2D eigenvalue weighted by Crippen LogP contribution is 2.28. The van der Waals surface area contributed by atoms with E-state index in [0.29, 0.717) is 38.6 Å². The van der Waals surface area contributed by atoms with Crippen LogP contribution in [-0.2, 0) is 14.3 Å². The van der Waals surface area contributed by atoms with Crippen molar-refractivity contribution < 1.29 is 19.1 Å². The minimum absolute atomic E-state index is 0.0474. The standard InChI is InChI=1S/C23H31N3O4/c24-16-20(19-9-5-2-6-10-19)17-30-23(28)25-21(15-18-7-3-1-4-8-18)22(27)26-11-13-29-14-12-26/h2,5-6,9-10,18,20-21H,1,3-4,7-8,11-15,17H2,(H,25,28). The molecule has 1 saturated heterocycles. The summed E-state index contributed by atoms with van der Waals surface area (Å²) in [5.41, 5.74) is 0.802. The number of amides is 2. The molecule has 3 rings (SSSR count). The fourth-order valence-corrected chi connectivity index (χ4v) is 4.22. The number of hydrogen-bond donors (Lipinski definition) is 1. The van der Waals surface area contributed by atoms with Crippen LogP contribution in [0.2, 0.25) is 0 Å². The van der Waals surface area contributed by atoms with Crippen LogP contribution in [0.5, 0.6) is 0 Å². The molecule has 0 bridgehead atoms. The molecule has 1 aliphatic carbocycles. The Hall–Kier alpha value is -2.59. The van der Waals surface area contributed by atoms with Crippen LogP contribution in [0.25, 0.3) is 0 Å². The van der Waals surface area contributed by atoms with Gasteiger partial charge in [-0.15, -0.1) is 0 Å². The smallest absolute Gasteiger partial charge is 0.407 e. The van der Waals surface area contributed by atoms with Crippen LogP contribution in [0.1, 0.15) is 50.0 Å². The van der Waals surface area contributed by atoms with Gasteiger partial charge in [0.15, 0.2) is 0 Å². The Labute approximate surface area is 178 Å². The lowest BCUT2D eigenvalue weighted by Gasteiger charge is -2.32. The van der Waals surface area contributed by atoms with Crippen molar-refractivity contribution in [3.63, 3.8) is 0 Å². The molecule has 2 amide bonds. The summed E-state index contributed by atoms with van der Waals surface area (Å²) >= 11 is 0. The van der Waals surface area contributed by atoms with Crippen molar-refractivity contribution >= 4 is 12.0 Å². The van der Waals surface area contributed by atoms with Crippen molar-refractivity contribution in [1.29, 1.82) is 5.26 Å². The van der Waals surface area contributed by atoms with Crippen LogP contribution < -0.4 is 5.32 Å². The van der Waals surface area contributed by atoms with Gasteiger partial charge in [-0.1, -0.05) is 62.4 Å². The first-order chi connectivity index (χ1) is 14.7. The molecule has 0 aromatic heterocycles. The van der Waals surface area contributed by atoms with E-state index in [2.05, 4.69) is 11.4 Å². The summed E-state index contributed by atoms with van der Waals surface area (Å²) in [6, 6.07) is 10.8. The summed E-state index contributed by atoms with van der Waals surface area (Å²) in [6.07, 6.45) is 5.76. The lowest BCUT2D eigenvalue weighted by molar-refractivity contribution is -0.138. The molecule has 7 nitrogen and oxygen atoms in total. The van der Waals surface area contributed by atoms with Gasteiger partial charge in [-0.3, -0.25) is 4.79 Å². The first-order valence-corrected chi connectivity index (χ1v) is 10.9. The highest BCUT2D eigenvalue weighted by atomic mass is 16.5. The zero-order valence-corrected chi connectivity index (χ0v) is 17.4. The number of carbonyl (C=O) groups is 2. The number of hydrogen-bond acceptors (Lipinski definition) is 5. The van der Waals surface area contributed by atoms with Crippen LogP contribution in [-0.4, -0.2) is 55.9 Å². The Balaban J connectivity index is 1.58. The Kier molecular flexibility index (Phi) is 8.52. The van der Waals surface area contributed by atoms with E-state index in [1.807, 2.05) is 30.3 Å². The SMILES string of the molecule is N#CC(COC(=O)NC(CC1CCCCC1)C(=O)N1CCOCC1)c1ccccc1. The van der Waals surface area contributed by atoms with Gasteiger partial charge in [0.05, 0.1) is 19.3 Å². The van der Waals surface area contributed by atoms with Gasteiger partial charge in [-0.2, -0.15) is 5.26 Å². The second-order valence-electron chi connectivity index (χ2n) is 8.07. The second-order valence-corrected chi connectivity index (χ2v) is 8.07. The summed E-state index contributed by atoms with van der Waals surface area (Å²) in [5, 5.41) is 12.2. The quantitative estimate of drug-likeness (QED) is 0.741. The van der Waals surface area contributed by atoms with E-state index in [1.54, 1.807) is 4.90 Å². The van der Waals surface area contributed by atoms with Crippen LogP contribution in [0, 0.1) is 17.2 Å². The Morgan fingerprint density at radius 3 is 2.53 bits per heavy atom. The van der Waals surface area contributed by atoms with Gasteiger partial charge >= 0.3 is 6.09 Å². The summed E-state index contributed by atoms with van der Waals surface area (Å²) in [6.45, 7) is 2.08. The fraction of sp³-hybridized carbons (Fsp3) is 0.609. The molecule has 2 fully saturated rings. The Bertz CT molecular complexity index is 722. The normalized spacial score (nSPS) is 19.4. The van der Waals surface area contributed by atoms with Gasteiger partial charge in [-0.25, -0.2) is 4.79 Å². The van der Waals surface area contributed by atoms with E-state index in [4.69, 9.17) is 9.47 Å². The number of nitrogens with zero attached hydrogens (tertiary/aromatic N) is 2. The maximum Gasteiger partial charge on any atom is 0.407 e. The summed E-state index contributed by atoms with van der Waals surface area (Å²) in [4.78, 5) is 27.3. The third-order valence-corrected chi connectivity index (χ3v) is 5.95. The molecule has 162 valence electrons. The van der Waals surface area contributed by atoms with Crippen LogP contribution in [0.4, 0.5) is 4.79 Å². The molecule has 7 heteroatoms. The lowest BCUT2D eigenvalue weighted by atomic mass is 9.84. The van der Waals surface area contributed by atoms with Crippen molar-refractivity contribution in [3.8, 4) is 6.07 Å². The van der Waals surface area contributed by atoms with Crippen molar-refractivity contribution in [2.45, 2.75) is 50.5 Å². The van der Waals surface area contributed by atoms with E-state index < -0.39 is 18.1 Å². The van der Waals surface area contributed by atoms with Gasteiger partial charge in [0.2, 0.25) is 5.91 Å². The predicted octanol–water partition coefficient (Wildman–Crippen LogP) is 3.22. The predicted molar refractivity (Wildman–Crippen MR) is 112 cm³/mol. The molecule has 1 saturated carbocycles. The molecular formula is C23H31N3O4. The zero-order valence-electron chi connectivity index (χ0n) is 17.4.